The third-order valence-electron chi connectivity index (χ3n) is 2.95. The van der Waals surface area contributed by atoms with E-state index in [2.05, 4.69) is 0 Å². The van der Waals surface area contributed by atoms with Gasteiger partial charge in [0.1, 0.15) is 0 Å². The van der Waals surface area contributed by atoms with Crippen LogP contribution < -0.4 is 4.90 Å². The molecular formula is C15H24NO5P. The van der Waals surface area contributed by atoms with Crippen molar-refractivity contribution in [3.05, 3.63) is 29.8 Å². The number of carbonyl (C=O) groups is 1. The molecule has 0 fully saturated rings. The summed E-state index contributed by atoms with van der Waals surface area (Å²) in [5, 5.41) is 9.19. The number of carboxylic acid groups (broad SMARTS) is 1. The van der Waals surface area contributed by atoms with Crippen LogP contribution in [0.4, 0.5) is 10.5 Å². The van der Waals surface area contributed by atoms with Gasteiger partial charge >= 0.3 is 13.7 Å². The molecule has 0 atom stereocenters. The molecule has 0 aromatic heterocycles. The normalized spacial score (nSPS) is 11.4. The fraction of sp³-hybridized carbons (Fsp3) is 0.533. The molecule has 0 unspecified atom stereocenters. The Labute approximate surface area is 131 Å². The van der Waals surface area contributed by atoms with E-state index in [4.69, 9.17) is 9.05 Å². The Bertz CT molecular complexity index is 507. The second-order valence-electron chi connectivity index (χ2n) is 4.71. The summed E-state index contributed by atoms with van der Waals surface area (Å²) >= 11 is 0. The van der Waals surface area contributed by atoms with E-state index < -0.39 is 13.7 Å². The Balaban J connectivity index is 2.87. The summed E-state index contributed by atoms with van der Waals surface area (Å²) in [5.41, 5.74) is 1.39. The van der Waals surface area contributed by atoms with Crippen molar-refractivity contribution < 1.29 is 23.5 Å². The zero-order chi connectivity index (χ0) is 16.6. The van der Waals surface area contributed by atoms with Gasteiger partial charge in [-0.3, -0.25) is 9.46 Å². The van der Waals surface area contributed by atoms with Gasteiger partial charge in [-0.15, -0.1) is 0 Å². The molecule has 0 aliphatic carbocycles. The lowest BCUT2D eigenvalue weighted by molar-refractivity contribution is 0.201. The molecule has 1 N–H and O–H groups in total. The highest BCUT2D eigenvalue weighted by molar-refractivity contribution is 7.53. The van der Waals surface area contributed by atoms with Crippen molar-refractivity contribution in [3.63, 3.8) is 0 Å². The van der Waals surface area contributed by atoms with E-state index in [0.717, 1.165) is 12.0 Å². The van der Waals surface area contributed by atoms with E-state index in [1.807, 2.05) is 6.92 Å². The molecule has 7 heteroatoms. The third-order valence-corrected chi connectivity index (χ3v) is 5.01. The zero-order valence-corrected chi connectivity index (χ0v) is 14.2. The Morgan fingerprint density at radius 1 is 1.14 bits per heavy atom. The molecule has 0 saturated carbocycles. The summed E-state index contributed by atoms with van der Waals surface area (Å²) < 4.78 is 23.0. The molecule has 1 rings (SSSR count). The first kappa shape index (κ1) is 18.7. The predicted octanol–water partition coefficient (Wildman–Crippen LogP) is 4.35. The Morgan fingerprint density at radius 3 is 2.09 bits per heavy atom. The van der Waals surface area contributed by atoms with Gasteiger partial charge in [-0.1, -0.05) is 19.1 Å². The van der Waals surface area contributed by atoms with Crippen molar-refractivity contribution in [1.29, 1.82) is 0 Å². The predicted molar refractivity (Wildman–Crippen MR) is 86.7 cm³/mol. The molecule has 0 heterocycles. The van der Waals surface area contributed by atoms with Gasteiger partial charge in [-0.05, 0) is 38.0 Å². The van der Waals surface area contributed by atoms with Crippen LogP contribution in [-0.4, -0.2) is 31.0 Å². The number of hydrogen-bond acceptors (Lipinski definition) is 4. The fourth-order valence-electron chi connectivity index (χ4n) is 2.09. The standard InChI is InChI=1S/C15H24NO5P/c1-4-11-16(15(17)18)14-9-7-13(8-10-14)12-22(19,20-5-2)21-6-3/h7-10H,4-6,11-12H2,1-3H3,(H,17,18). The quantitative estimate of drug-likeness (QED) is 0.682. The molecule has 0 saturated heterocycles. The second kappa shape index (κ2) is 8.93. The van der Waals surface area contributed by atoms with Crippen LogP contribution in [0, 0.1) is 0 Å². The summed E-state index contributed by atoms with van der Waals surface area (Å²) in [7, 11) is -3.14. The zero-order valence-electron chi connectivity index (χ0n) is 13.3. The maximum absolute atomic E-state index is 12.5. The highest BCUT2D eigenvalue weighted by Gasteiger charge is 2.24. The minimum Gasteiger partial charge on any atom is -0.465 e. The number of benzene rings is 1. The van der Waals surface area contributed by atoms with E-state index in [0.29, 0.717) is 25.4 Å². The van der Waals surface area contributed by atoms with Crippen LogP contribution in [0.25, 0.3) is 0 Å². The number of anilines is 1. The average molecular weight is 329 g/mol. The lowest BCUT2D eigenvalue weighted by atomic mass is 10.2. The van der Waals surface area contributed by atoms with Crippen LogP contribution in [0.3, 0.4) is 0 Å². The van der Waals surface area contributed by atoms with E-state index >= 15 is 0 Å². The Morgan fingerprint density at radius 2 is 1.68 bits per heavy atom. The second-order valence-corrected chi connectivity index (χ2v) is 6.76. The van der Waals surface area contributed by atoms with Crippen LogP contribution in [0.5, 0.6) is 0 Å². The number of hydrogen-bond donors (Lipinski definition) is 1. The van der Waals surface area contributed by atoms with Crippen molar-refractivity contribution in [1.82, 2.24) is 0 Å². The van der Waals surface area contributed by atoms with Crippen molar-refractivity contribution in [2.45, 2.75) is 33.4 Å². The van der Waals surface area contributed by atoms with Gasteiger partial charge in [0.25, 0.3) is 0 Å². The highest BCUT2D eigenvalue weighted by Crippen LogP contribution is 2.51. The molecular weight excluding hydrogens is 305 g/mol. The monoisotopic (exact) mass is 329 g/mol. The van der Waals surface area contributed by atoms with E-state index in [9.17, 15) is 14.5 Å². The topological polar surface area (TPSA) is 76.1 Å². The van der Waals surface area contributed by atoms with Crippen molar-refractivity contribution in [2.75, 3.05) is 24.7 Å². The summed E-state index contributed by atoms with van der Waals surface area (Å²) in [5.74, 6) is 0. The van der Waals surface area contributed by atoms with Gasteiger partial charge in [0.2, 0.25) is 0 Å². The highest BCUT2D eigenvalue weighted by atomic mass is 31.2. The maximum Gasteiger partial charge on any atom is 0.411 e. The smallest absolute Gasteiger partial charge is 0.411 e. The van der Waals surface area contributed by atoms with Gasteiger partial charge < -0.3 is 14.2 Å². The van der Waals surface area contributed by atoms with E-state index in [1.54, 1.807) is 38.1 Å². The fourth-order valence-corrected chi connectivity index (χ4v) is 3.79. The van der Waals surface area contributed by atoms with Gasteiger partial charge in [-0.25, -0.2) is 4.79 Å². The van der Waals surface area contributed by atoms with Crippen LogP contribution in [-0.2, 0) is 19.8 Å². The molecule has 124 valence electrons. The molecule has 0 bridgehead atoms. The Kier molecular flexibility index (Phi) is 7.59. The first-order valence-electron chi connectivity index (χ1n) is 7.43. The number of rotatable bonds is 9. The molecule has 22 heavy (non-hydrogen) atoms. The van der Waals surface area contributed by atoms with Crippen LogP contribution in [0.15, 0.2) is 24.3 Å². The average Bonchev–Trinajstić information content (AvgIpc) is 2.46. The summed E-state index contributed by atoms with van der Waals surface area (Å²) in [6, 6.07) is 6.93. The summed E-state index contributed by atoms with van der Waals surface area (Å²) in [6.07, 6.45) is -0.0720. The van der Waals surface area contributed by atoms with Crippen molar-refractivity contribution in [3.8, 4) is 0 Å². The van der Waals surface area contributed by atoms with Gasteiger partial charge in [0.05, 0.1) is 19.4 Å². The Hall–Kier alpha value is -1.36. The third kappa shape index (κ3) is 5.44. The summed E-state index contributed by atoms with van der Waals surface area (Å²) in [6.45, 7) is 6.53. The van der Waals surface area contributed by atoms with Gasteiger partial charge in [-0.2, -0.15) is 0 Å². The molecule has 0 aliphatic heterocycles. The molecule has 1 aromatic carbocycles. The lowest BCUT2D eigenvalue weighted by Crippen LogP contribution is -2.29. The molecule has 6 nitrogen and oxygen atoms in total. The molecule has 0 spiro atoms. The minimum atomic E-state index is -3.14. The molecule has 0 aliphatic rings. The van der Waals surface area contributed by atoms with Crippen molar-refractivity contribution >= 4 is 19.4 Å². The van der Waals surface area contributed by atoms with E-state index in [1.165, 1.54) is 4.90 Å². The summed E-state index contributed by atoms with van der Waals surface area (Å²) in [4.78, 5) is 12.5. The molecule has 0 radical (unpaired) electrons. The number of amides is 1. The number of nitrogens with zero attached hydrogens (tertiary/aromatic N) is 1. The maximum atomic E-state index is 12.5. The molecule has 1 amide bonds. The van der Waals surface area contributed by atoms with Crippen LogP contribution in [0.2, 0.25) is 0 Å². The van der Waals surface area contributed by atoms with Gasteiger partial charge in [0.15, 0.2) is 0 Å². The first-order valence-corrected chi connectivity index (χ1v) is 9.16. The van der Waals surface area contributed by atoms with Crippen LogP contribution in [0.1, 0.15) is 32.8 Å². The van der Waals surface area contributed by atoms with E-state index in [-0.39, 0.29) is 6.16 Å². The first-order chi connectivity index (χ1) is 10.5. The largest absolute Gasteiger partial charge is 0.465 e. The minimum absolute atomic E-state index is 0.176. The van der Waals surface area contributed by atoms with Crippen molar-refractivity contribution in [2.24, 2.45) is 0 Å². The van der Waals surface area contributed by atoms with Gasteiger partial charge in [0, 0.05) is 12.2 Å². The molecule has 1 aromatic rings. The SMILES string of the molecule is CCCN(C(=O)O)c1ccc(CP(=O)(OCC)OCC)cc1. The van der Waals surface area contributed by atoms with Crippen LogP contribution >= 0.6 is 7.60 Å². The lowest BCUT2D eigenvalue weighted by Gasteiger charge is -2.20.